The lowest BCUT2D eigenvalue weighted by molar-refractivity contribution is 0.459. The van der Waals surface area contributed by atoms with Crippen LogP contribution in [0.1, 0.15) is 174 Å². The van der Waals surface area contributed by atoms with Crippen molar-refractivity contribution in [1.29, 1.82) is 0 Å². The summed E-state index contributed by atoms with van der Waals surface area (Å²) in [6.07, 6.45) is 45.3. The molecule has 0 aliphatic heterocycles. The third-order valence-corrected chi connectivity index (χ3v) is 7.93. The number of allylic oxidation sites excluding steroid dienone is 6. The molecule has 0 saturated carbocycles. The minimum Gasteiger partial charge on any atom is -0.330 e. The highest BCUT2D eigenvalue weighted by molar-refractivity contribution is 5.10. The topological polar surface area (TPSA) is 52.0 Å². The molecule has 38 heavy (non-hydrogen) atoms. The van der Waals surface area contributed by atoms with Gasteiger partial charge in [0, 0.05) is 0 Å². The second-order valence-corrected chi connectivity index (χ2v) is 11.6. The normalized spacial score (nSPS) is 13.3. The van der Waals surface area contributed by atoms with Crippen LogP contribution in [0.4, 0.5) is 0 Å². The average molecular weight is 531 g/mol. The van der Waals surface area contributed by atoms with Crippen molar-refractivity contribution in [2.75, 3.05) is 13.1 Å². The summed E-state index contributed by atoms with van der Waals surface area (Å²) in [7, 11) is 0. The van der Waals surface area contributed by atoms with Gasteiger partial charge in [-0.3, -0.25) is 0 Å². The first kappa shape index (κ1) is 37.1. The molecule has 0 fully saturated rings. The Kier molecular flexibility index (Phi) is 31.6. The van der Waals surface area contributed by atoms with Crippen LogP contribution in [0.3, 0.4) is 0 Å². The van der Waals surface area contributed by atoms with Gasteiger partial charge in [-0.15, -0.1) is 0 Å². The average Bonchev–Trinajstić information content (AvgIpc) is 2.93. The van der Waals surface area contributed by atoms with Gasteiger partial charge in [-0.05, 0) is 96.1 Å². The van der Waals surface area contributed by atoms with Crippen LogP contribution in [0.2, 0.25) is 0 Å². The zero-order valence-corrected chi connectivity index (χ0v) is 26.2. The zero-order valence-electron chi connectivity index (χ0n) is 26.2. The summed E-state index contributed by atoms with van der Waals surface area (Å²) < 4.78 is 0. The van der Waals surface area contributed by atoms with Crippen LogP contribution in [0.5, 0.6) is 0 Å². The molecule has 0 radical (unpaired) electrons. The molecule has 0 aliphatic rings. The molecule has 0 rings (SSSR count). The van der Waals surface area contributed by atoms with Crippen LogP contribution in [0.25, 0.3) is 0 Å². The van der Waals surface area contributed by atoms with Crippen LogP contribution in [-0.2, 0) is 0 Å². The molecule has 1 atom stereocenters. The first-order valence-electron chi connectivity index (χ1n) is 17.2. The van der Waals surface area contributed by atoms with E-state index in [4.69, 9.17) is 11.5 Å². The second-order valence-electron chi connectivity index (χ2n) is 11.6. The minimum absolute atomic E-state index is 0.769. The van der Waals surface area contributed by atoms with Crippen LogP contribution in [0.15, 0.2) is 36.0 Å². The fraction of sp³-hybridized carbons (Fsp3) is 0.833. The first-order valence-corrected chi connectivity index (χ1v) is 17.2. The smallest absolute Gasteiger partial charge is 0.00773 e. The van der Waals surface area contributed by atoms with Gasteiger partial charge >= 0.3 is 0 Å². The molecule has 0 saturated heterocycles. The summed E-state index contributed by atoms with van der Waals surface area (Å²) in [6.45, 7) is 6.28. The second kappa shape index (κ2) is 32.4. The Morgan fingerprint density at radius 2 is 1.00 bits per heavy atom. The van der Waals surface area contributed by atoms with E-state index in [0.717, 1.165) is 25.4 Å². The number of hydrogen-bond acceptors (Lipinski definition) is 2. The monoisotopic (exact) mass is 531 g/mol. The Labute approximate surface area is 240 Å². The van der Waals surface area contributed by atoms with Gasteiger partial charge in [0.15, 0.2) is 0 Å². The van der Waals surface area contributed by atoms with Gasteiger partial charge in [0.05, 0.1) is 0 Å². The van der Waals surface area contributed by atoms with Crippen molar-refractivity contribution in [2.45, 2.75) is 174 Å². The van der Waals surface area contributed by atoms with E-state index < -0.39 is 0 Å². The van der Waals surface area contributed by atoms with Crippen molar-refractivity contribution in [3.05, 3.63) is 36.0 Å². The van der Waals surface area contributed by atoms with Gasteiger partial charge in [-0.25, -0.2) is 0 Å². The molecule has 0 aromatic rings. The highest BCUT2D eigenvalue weighted by Gasteiger charge is 2.13. The van der Waals surface area contributed by atoms with Gasteiger partial charge in [-0.2, -0.15) is 0 Å². The van der Waals surface area contributed by atoms with E-state index in [-0.39, 0.29) is 0 Å². The standard InChI is InChI=1S/C36H70N2/c1-3-5-7-9-11-17-23-29-35(31-25-19-13-15-21-27-33-37)36(30-24-18-12-10-8-6-4-2)32-26-20-14-16-22-28-34-38/h11-12,17-18,29,36H,3-10,13-16,19-28,30-34,37-38H2,1-2H3/b17-11+,18-12+,35-29-. The third-order valence-electron chi connectivity index (χ3n) is 7.93. The van der Waals surface area contributed by atoms with Crippen LogP contribution >= 0.6 is 0 Å². The number of hydrogen-bond donors (Lipinski definition) is 2. The maximum atomic E-state index is 5.67. The van der Waals surface area contributed by atoms with Crippen molar-refractivity contribution in [1.82, 2.24) is 0 Å². The summed E-state index contributed by atoms with van der Waals surface area (Å²) in [6, 6.07) is 0. The van der Waals surface area contributed by atoms with Gasteiger partial charge in [0.25, 0.3) is 0 Å². The van der Waals surface area contributed by atoms with Crippen LogP contribution in [-0.4, -0.2) is 13.1 Å². The largest absolute Gasteiger partial charge is 0.330 e. The van der Waals surface area contributed by atoms with Crippen molar-refractivity contribution in [3.63, 3.8) is 0 Å². The highest BCUT2D eigenvalue weighted by atomic mass is 14.5. The van der Waals surface area contributed by atoms with Crippen LogP contribution < -0.4 is 11.5 Å². The molecular weight excluding hydrogens is 460 g/mol. The zero-order chi connectivity index (χ0) is 27.8. The van der Waals surface area contributed by atoms with E-state index in [1.807, 2.05) is 0 Å². The predicted octanol–water partition coefficient (Wildman–Crippen LogP) is 11.4. The summed E-state index contributed by atoms with van der Waals surface area (Å²) in [4.78, 5) is 0. The molecule has 224 valence electrons. The van der Waals surface area contributed by atoms with Gasteiger partial charge in [0.1, 0.15) is 0 Å². The summed E-state index contributed by atoms with van der Waals surface area (Å²) >= 11 is 0. The lowest BCUT2D eigenvalue weighted by Gasteiger charge is -2.21. The van der Waals surface area contributed by atoms with Crippen LogP contribution in [0, 0.1) is 5.92 Å². The summed E-state index contributed by atoms with van der Waals surface area (Å²) in [5.41, 5.74) is 13.1. The molecule has 0 heterocycles. The summed E-state index contributed by atoms with van der Waals surface area (Å²) in [5.74, 6) is 0.769. The maximum Gasteiger partial charge on any atom is -0.00773 e. The summed E-state index contributed by atoms with van der Waals surface area (Å²) in [5, 5.41) is 0. The third kappa shape index (κ3) is 26.7. The van der Waals surface area contributed by atoms with Crippen molar-refractivity contribution >= 4 is 0 Å². The molecule has 0 bridgehead atoms. The molecule has 0 aliphatic carbocycles. The predicted molar refractivity (Wildman–Crippen MR) is 175 cm³/mol. The molecule has 0 aromatic heterocycles. The van der Waals surface area contributed by atoms with E-state index in [1.165, 1.54) is 154 Å². The Balaban J connectivity index is 4.99. The van der Waals surface area contributed by atoms with E-state index in [9.17, 15) is 0 Å². The SMILES string of the molecule is CCCCC/C=C/C/C=C(/CCCCCCCCN)C(CC/C=C/CCCCC)CCCCCCCCN. The quantitative estimate of drug-likeness (QED) is 0.0716. The van der Waals surface area contributed by atoms with Crippen molar-refractivity contribution in [3.8, 4) is 0 Å². The fourth-order valence-corrected chi connectivity index (χ4v) is 5.40. The highest BCUT2D eigenvalue weighted by Crippen LogP contribution is 2.29. The molecule has 0 aromatic carbocycles. The Bertz CT molecular complexity index is 533. The Hall–Kier alpha value is -0.860. The number of unbranched alkanes of at least 4 members (excludes halogenated alkanes) is 16. The molecule has 4 N–H and O–H groups in total. The molecule has 0 amide bonds. The molecule has 1 unspecified atom stereocenters. The first-order chi connectivity index (χ1) is 18.8. The van der Waals surface area contributed by atoms with Gasteiger partial charge in [-0.1, -0.05) is 133 Å². The number of nitrogens with two attached hydrogens (primary N) is 2. The van der Waals surface area contributed by atoms with E-state index in [1.54, 1.807) is 5.57 Å². The van der Waals surface area contributed by atoms with Gasteiger partial charge in [0.2, 0.25) is 0 Å². The Morgan fingerprint density at radius 3 is 1.58 bits per heavy atom. The van der Waals surface area contributed by atoms with Crippen molar-refractivity contribution < 1.29 is 0 Å². The van der Waals surface area contributed by atoms with Gasteiger partial charge < -0.3 is 11.5 Å². The lowest BCUT2D eigenvalue weighted by Crippen LogP contribution is -2.06. The molecule has 2 heteroatoms. The van der Waals surface area contributed by atoms with Crippen molar-refractivity contribution in [2.24, 2.45) is 17.4 Å². The van der Waals surface area contributed by atoms with E-state index in [0.29, 0.717) is 0 Å². The van der Waals surface area contributed by atoms with E-state index >= 15 is 0 Å². The van der Waals surface area contributed by atoms with E-state index in [2.05, 4.69) is 44.2 Å². The maximum absolute atomic E-state index is 5.67. The molecule has 2 nitrogen and oxygen atoms in total. The fourth-order valence-electron chi connectivity index (χ4n) is 5.40. The molecule has 0 spiro atoms. The lowest BCUT2D eigenvalue weighted by atomic mass is 9.85. The number of rotatable bonds is 30. The minimum atomic E-state index is 0.769. The Morgan fingerprint density at radius 1 is 0.500 bits per heavy atom. The molecular formula is C36H70N2.